The van der Waals surface area contributed by atoms with Crippen molar-refractivity contribution in [3.05, 3.63) is 60.2 Å². The van der Waals surface area contributed by atoms with E-state index in [1.165, 1.54) is 11.0 Å². The van der Waals surface area contributed by atoms with Gasteiger partial charge in [-0.25, -0.2) is 0 Å². The Morgan fingerprint density at radius 2 is 2.29 bits per heavy atom. The predicted octanol–water partition coefficient (Wildman–Crippen LogP) is 2.31. The number of aromatic nitrogens is 2. The van der Waals surface area contributed by atoms with E-state index < -0.39 is 5.91 Å². The number of carbonyl (C=O) groups excluding carboxylic acids is 1. The molecule has 0 aliphatic heterocycles. The minimum atomic E-state index is -0.414. The van der Waals surface area contributed by atoms with Gasteiger partial charge in [0.2, 0.25) is 0 Å². The number of hydrogen-bond donors (Lipinski definition) is 1. The Bertz CT molecular complexity index is 634. The summed E-state index contributed by atoms with van der Waals surface area (Å²) in [7, 11) is 3.19. The second kappa shape index (κ2) is 6.74. The van der Waals surface area contributed by atoms with Crippen LogP contribution in [0.5, 0.6) is 0 Å². The molecule has 2 rings (SSSR count). The van der Waals surface area contributed by atoms with Crippen LogP contribution in [0, 0.1) is 0 Å². The normalized spacial score (nSPS) is 14.8. The van der Waals surface area contributed by atoms with Gasteiger partial charge in [0.05, 0.1) is 12.2 Å². The lowest BCUT2D eigenvalue weighted by Gasteiger charge is -2.08. The molecule has 0 fully saturated rings. The zero-order chi connectivity index (χ0) is 15.2. The molecule has 1 aliphatic rings. The van der Waals surface area contributed by atoms with Gasteiger partial charge in [0.25, 0.3) is 5.91 Å². The van der Waals surface area contributed by atoms with Crippen molar-refractivity contribution in [3.8, 4) is 0 Å². The van der Waals surface area contributed by atoms with Gasteiger partial charge in [-0.1, -0.05) is 30.4 Å². The number of hydrogen-bond acceptors (Lipinski definition) is 3. The van der Waals surface area contributed by atoms with Crippen molar-refractivity contribution in [2.45, 2.75) is 13.0 Å². The fourth-order valence-electron chi connectivity index (χ4n) is 1.88. The minimum absolute atomic E-state index is 0.269. The lowest BCUT2D eigenvalue weighted by atomic mass is 10.1. The van der Waals surface area contributed by atoms with E-state index in [1.54, 1.807) is 18.8 Å². The van der Waals surface area contributed by atoms with Crippen LogP contribution in [-0.2, 0) is 11.3 Å². The molecule has 0 spiro atoms. The zero-order valence-electron chi connectivity index (χ0n) is 12.2. The number of likely N-dealkylation sites (N-methyl/N-ethyl adjacent to an activating group) is 1. The number of allylic oxidation sites excluding steroid dienone is 7. The average molecular weight is 285 g/mol. The van der Waals surface area contributed by atoms with Gasteiger partial charge in [0, 0.05) is 20.3 Å². The van der Waals surface area contributed by atoms with E-state index >= 15 is 0 Å². The first-order chi connectivity index (χ1) is 10.1. The molecule has 0 atom stereocenters. The van der Waals surface area contributed by atoms with Gasteiger partial charge in [-0.15, -0.1) is 0 Å². The van der Waals surface area contributed by atoms with E-state index in [0.29, 0.717) is 6.54 Å². The van der Waals surface area contributed by atoms with Gasteiger partial charge in [-0.2, -0.15) is 5.10 Å². The Hall–Kier alpha value is -2.56. The summed E-state index contributed by atoms with van der Waals surface area (Å²) in [6, 6.07) is 1.92. The molecule has 1 heterocycles. The summed E-state index contributed by atoms with van der Waals surface area (Å²) in [5.41, 5.74) is 1.94. The standard InChI is InChI=1S/C16H19N3O2/c1-18(2)16(21)15(20)10-12-19-11-9-14(17-19)13-7-5-3-4-6-8-13/h3-5,7-11,20H,6,12H2,1-2H3/b15-10+. The Morgan fingerprint density at radius 1 is 1.48 bits per heavy atom. The van der Waals surface area contributed by atoms with E-state index in [1.807, 2.05) is 30.5 Å². The smallest absolute Gasteiger partial charge is 0.287 e. The van der Waals surface area contributed by atoms with Crippen LogP contribution < -0.4 is 0 Å². The molecule has 1 aliphatic carbocycles. The van der Waals surface area contributed by atoms with Crippen molar-refractivity contribution < 1.29 is 9.90 Å². The summed E-state index contributed by atoms with van der Waals surface area (Å²) in [4.78, 5) is 12.8. The van der Waals surface area contributed by atoms with Crippen LogP contribution in [0.3, 0.4) is 0 Å². The highest BCUT2D eigenvalue weighted by molar-refractivity contribution is 5.90. The molecule has 5 nitrogen and oxygen atoms in total. The number of carbonyl (C=O) groups is 1. The number of aliphatic hydroxyl groups is 1. The first-order valence-corrected chi connectivity index (χ1v) is 6.76. The Kier molecular flexibility index (Phi) is 4.77. The summed E-state index contributed by atoms with van der Waals surface area (Å²) in [6.07, 6.45) is 14.4. The van der Waals surface area contributed by atoms with Crippen LogP contribution in [-0.4, -0.2) is 39.8 Å². The molecular weight excluding hydrogens is 266 g/mol. The molecular formula is C16H19N3O2. The quantitative estimate of drug-likeness (QED) is 0.682. The zero-order valence-corrected chi connectivity index (χ0v) is 12.2. The van der Waals surface area contributed by atoms with Crippen LogP contribution in [0.2, 0.25) is 0 Å². The fourth-order valence-corrected chi connectivity index (χ4v) is 1.88. The van der Waals surface area contributed by atoms with E-state index in [2.05, 4.69) is 17.3 Å². The van der Waals surface area contributed by atoms with Crippen LogP contribution in [0.4, 0.5) is 0 Å². The maximum absolute atomic E-state index is 11.5. The molecule has 1 aromatic rings. The second-order valence-corrected chi connectivity index (χ2v) is 4.89. The molecule has 0 aromatic carbocycles. The van der Waals surface area contributed by atoms with E-state index in [0.717, 1.165) is 17.7 Å². The van der Waals surface area contributed by atoms with Gasteiger partial charge in [0.15, 0.2) is 5.76 Å². The van der Waals surface area contributed by atoms with Gasteiger partial charge >= 0.3 is 0 Å². The maximum atomic E-state index is 11.5. The van der Waals surface area contributed by atoms with E-state index in [4.69, 9.17) is 0 Å². The molecule has 21 heavy (non-hydrogen) atoms. The largest absolute Gasteiger partial charge is 0.503 e. The third-order valence-electron chi connectivity index (χ3n) is 3.03. The van der Waals surface area contributed by atoms with Crippen LogP contribution in [0.15, 0.2) is 54.5 Å². The Balaban J connectivity index is 2.06. The highest BCUT2D eigenvalue weighted by Gasteiger charge is 2.09. The van der Waals surface area contributed by atoms with Crippen LogP contribution in [0.25, 0.3) is 5.57 Å². The summed E-state index contributed by atoms with van der Waals surface area (Å²) in [6.45, 7) is 0.348. The molecule has 1 N–H and O–H groups in total. The fraction of sp³-hybridized carbons (Fsp3) is 0.250. The average Bonchev–Trinajstić information content (AvgIpc) is 2.77. The van der Waals surface area contributed by atoms with Crippen LogP contribution >= 0.6 is 0 Å². The summed E-state index contributed by atoms with van der Waals surface area (Å²) >= 11 is 0. The Labute approximate surface area is 124 Å². The third-order valence-corrected chi connectivity index (χ3v) is 3.03. The summed E-state index contributed by atoms with van der Waals surface area (Å²) < 4.78 is 1.68. The predicted molar refractivity (Wildman–Crippen MR) is 82.5 cm³/mol. The van der Waals surface area contributed by atoms with Gasteiger partial charge in [-0.3, -0.25) is 9.48 Å². The number of amides is 1. The third kappa shape index (κ3) is 3.95. The molecule has 0 saturated heterocycles. The monoisotopic (exact) mass is 285 g/mol. The maximum Gasteiger partial charge on any atom is 0.287 e. The number of nitrogens with zero attached hydrogens (tertiary/aromatic N) is 3. The Morgan fingerprint density at radius 3 is 3.05 bits per heavy atom. The first kappa shape index (κ1) is 14.8. The molecule has 1 aromatic heterocycles. The van der Waals surface area contributed by atoms with Crippen molar-refractivity contribution in [1.82, 2.24) is 14.7 Å². The topological polar surface area (TPSA) is 58.4 Å². The number of rotatable bonds is 4. The van der Waals surface area contributed by atoms with Crippen LogP contribution in [0.1, 0.15) is 12.1 Å². The first-order valence-electron chi connectivity index (χ1n) is 6.76. The molecule has 110 valence electrons. The van der Waals surface area contributed by atoms with Gasteiger partial charge in [-0.05, 0) is 24.1 Å². The summed E-state index contributed by atoms with van der Waals surface area (Å²) in [5.74, 6) is -0.683. The molecule has 5 heteroatoms. The van der Waals surface area contributed by atoms with Crippen molar-refractivity contribution >= 4 is 11.5 Å². The van der Waals surface area contributed by atoms with E-state index in [-0.39, 0.29) is 5.76 Å². The number of aliphatic hydroxyl groups excluding tert-OH is 1. The van der Waals surface area contributed by atoms with Crippen molar-refractivity contribution in [2.24, 2.45) is 0 Å². The van der Waals surface area contributed by atoms with Crippen molar-refractivity contribution in [3.63, 3.8) is 0 Å². The molecule has 0 bridgehead atoms. The molecule has 1 amide bonds. The highest BCUT2D eigenvalue weighted by atomic mass is 16.3. The lowest BCUT2D eigenvalue weighted by Crippen LogP contribution is -2.23. The van der Waals surface area contributed by atoms with Gasteiger partial charge < -0.3 is 10.0 Å². The highest BCUT2D eigenvalue weighted by Crippen LogP contribution is 2.16. The van der Waals surface area contributed by atoms with Crippen molar-refractivity contribution in [2.75, 3.05) is 14.1 Å². The lowest BCUT2D eigenvalue weighted by molar-refractivity contribution is -0.127. The van der Waals surface area contributed by atoms with E-state index in [9.17, 15) is 9.90 Å². The minimum Gasteiger partial charge on any atom is -0.503 e. The SMILES string of the molecule is CN(C)C(=O)/C(O)=C\Cn1ccc(C2=CCC=CC=C2)n1. The molecule has 0 saturated carbocycles. The molecule has 0 unspecified atom stereocenters. The van der Waals surface area contributed by atoms with Crippen molar-refractivity contribution in [1.29, 1.82) is 0 Å². The second-order valence-electron chi connectivity index (χ2n) is 4.89. The molecule has 0 radical (unpaired) electrons. The van der Waals surface area contributed by atoms with Gasteiger partial charge in [0.1, 0.15) is 0 Å². The summed E-state index contributed by atoms with van der Waals surface area (Å²) in [5, 5.41) is 14.1.